The van der Waals surface area contributed by atoms with Crippen LogP contribution in [-0.2, 0) is 12.8 Å². The minimum absolute atomic E-state index is 0.346. The van der Waals surface area contributed by atoms with Crippen molar-refractivity contribution in [1.82, 2.24) is 0 Å². The summed E-state index contributed by atoms with van der Waals surface area (Å²) in [7, 11) is 0. The highest BCUT2D eigenvalue weighted by atomic mass is 127. The molecule has 20 heavy (non-hydrogen) atoms. The number of benzene rings is 2. The molecule has 0 fully saturated rings. The van der Waals surface area contributed by atoms with Gasteiger partial charge < -0.3 is 5.32 Å². The maximum absolute atomic E-state index is 3.63. The first-order valence-electron chi connectivity index (χ1n) is 7.37. The molecule has 0 aliphatic heterocycles. The summed E-state index contributed by atoms with van der Waals surface area (Å²) in [5, 5.41) is 3.63. The van der Waals surface area contributed by atoms with Crippen LogP contribution in [0.5, 0.6) is 0 Å². The molecule has 1 N–H and O–H groups in total. The highest BCUT2D eigenvalue weighted by molar-refractivity contribution is 14.1. The first-order valence-corrected chi connectivity index (χ1v) is 8.44. The molecule has 1 aliphatic rings. The molecule has 0 amide bonds. The van der Waals surface area contributed by atoms with Crippen molar-refractivity contribution in [1.29, 1.82) is 0 Å². The fourth-order valence-corrected chi connectivity index (χ4v) is 3.46. The molecule has 0 saturated heterocycles. The number of hydrogen-bond acceptors (Lipinski definition) is 1. The van der Waals surface area contributed by atoms with Crippen LogP contribution in [0, 0.1) is 3.57 Å². The highest BCUT2D eigenvalue weighted by Crippen LogP contribution is 2.27. The molecule has 0 aromatic heterocycles. The maximum atomic E-state index is 3.63. The summed E-state index contributed by atoms with van der Waals surface area (Å²) in [6, 6.07) is 15.8. The minimum atomic E-state index is 0.346. The van der Waals surface area contributed by atoms with E-state index in [0.29, 0.717) is 6.04 Å². The van der Waals surface area contributed by atoms with Crippen molar-refractivity contribution < 1.29 is 0 Å². The molecule has 0 spiro atoms. The van der Waals surface area contributed by atoms with E-state index in [-0.39, 0.29) is 0 Å². The lowest BCUT2D eigenvalue weighted by Gasteiger charge is -2.21. The predicted molar refractivity (Wildman–Crippen MR) is 94.3 cm³/mol. The number of rotatable bonds is 3. The van der Waals surface area contributed by atoms with Gasteiger partial charge in [-0.25, -0.2) is 0 Å². The van der Waals surface area contributed by atoms with Gasteiger partial charge >= 0.3 is 0 Å². The van der Waals surface area contributed by atoms with Crippen LogP contribution in [0.3, 0.4) is 0 Å². The Kier molecular flexibility index (Phi) is 4.29. The van der Waals surface area contributed by atoms with Crippen molar-refractivity contribution in [3.63, 3.8) is 0 Å². The minimum Gasteiger partial charge on any atom is -0.378 e. The van der Waals surface area contributed by atoms with Crippen LogP contribution < -0.4 is 5.32 Å². The van der Waals surface area contributed by atoms with Gasteiger partial charge in [-0.15, -0.1) is 0 Å². The smallest absolute Gasteiger partial charge is 0.0486 e. The zero-order chi connectivity index (χ0) is 13.9. The zero-order valence-electron chi connectivity index (χ0n) is 11.8. The van der Waals surface area contributed by atoms with Crippen LogP contribution in [0.15, 0.2) is 42.5 Å². The molecular weight excluding hydrogens is 357 g/mol. The summed E-state index contributed by atoms with van der Waals surface area (Å²) < 4.78 is 1.27. The van der Waals surface area contributed by atoms with Crippen LogP contribution in [0.4, 0.5) is 5.69 Å². The Morgan fingerprint density at radius 2 is 1.75 bits per heavy atom. The summed E-state index contributed by atoms with van der Waals surface area (Å²) >= 11 is 2.39. The van der Waals surface area contributed by atoms with Crippen LogP contribution in [0.2, 0.25) is 0 Å². The van der Waals surface area contributed by atoms with Gasteiger partial charge in [0.25, 0.3) is 0 Å². The number of halogens is 1. The third kappa shape index (κ3) is 3.00. The fourth-order valence-electron chi connectivity index (χ4n) is 2.92. The standard InChI is InChI=1S/C18H20IN/c1-13(20-18-9-5-4-8-17(18)19)15-11-10-14-6-2-3-7-16(14)12-15/h4-5,8-13,20H,2-3,6-7H2,1H3. The Morgan fingerprint density at radius 1 is 1.00 bits per heavy atom. The Balaban J connectivity index is 1.80. The third-order valence-corrected chi connectivity index (χ3v) is 5.06. The topological polar surface area (TPSA) is 12.0 Å². The SMILES string of the molecule is CC(Nc1ccccc1I)c1ccc2c(c1)CCCC2. The molecule has 2 aromatic rings. The van der Waals surface area contributed by atoms with Crippen molar-refractivity contribution in [3.8, 4) is 0 Å². The van der Waals surface area contributed by atoms with Crippen molar-refractivity contribution in [2.24, 2.45) is 0 Å². The van der Waals surface area contributed by atoms with E-state index in [9.17, 15) is 0 Å². The van der Waals surface area contributed by atoms with Gasteiger partial charge in [0.05, 0.1) is 0 Å². The highest BCUT2D eigenvalue weighted by Gasteiger charge is 2.12. The summed E-state index contributed by atoms with van der Waals surface area (Å²) in [5.41, 5.74) is 5.73. The average Bonchev–Trinajstić information content (AvgIpc) is 2.49. The van der Waals surface area contributed by atoms with Gasteiger partial charge in [0.15, 0.2) is 0 Å². The molecule has 1 unspecified atom stereocenters. The number of para-hydroxylation sites is 1. The number of anilines is 1. The number of fused-ring (bicyclic) bond motifs is 1. The number of aryl methyl sites for hydroxylation is 2. The van der Waals surface area contributed by atoms with E-state index in [0.717, 1.165) is 0 Å². The second-order valence-corrected chi connectivity index (χ2v) is 6.74. The molecule has 104 valence electrons. The number of nitrogens with one attached hydrogen (secondary N) is 1. The molecule has 0 radical (unpaired) electrons. The lowest BCUT2D eigenvalue weighted by molar-refractivity contribution is 0.683. The monoisotopic (exact) mass is 377 g/mol. The Labute approximate surface area is 134 Å². The van der Waals surface area contributed by atoms with Crippen molar-refractivity contribution in [2.75, 3.05) is 5.32 Å². The molecule has 0 saturated carbocycles. The average molecular weight is 377 g/mol. The molecular formula is C18H20IN. The van der Waals surface area contributed by atoms with Gasteiger partial charge in [-0.3, -0.25) is 0 Å². The van der Waals surface area contributed by atoms with Gasteiger partial charge in [0.1, 0.15) is 0 Å². The molecule has 3 rings (SSSR count). The van der Waals surface area contributed by atoms with Gasteiger partial charge in [0, 0.05) is 15.3 Å². The van der Waals surface area contributed by atoms with Crippen LogP contribution in [0.1, 0.15) is 42.5 Å². The van der Waals surface area contributed by atoms with Gasteiger partial charge in [-0.1, -0.05) is 30.3 Å². The van der Waals surface area contributed by atoms with E-state index in [1.54, 1.807) is 11.1 Å². The van der Waals surface area contributed by atoms with Crippen LogP contribution in [0.25, 0.3) is 0 Å². The molecule has 1 aliphatic carbocycles. The van der Waals surface area contributed by atoms with E-state index >= 15 is 0 Å². The second-order valence-electron chi connectivity index (χ2n) is 5.58. The normalized spacial score (nSPS) is 15.5. The Hall–Kier alpha value is -1.03. The molecule has 2 heteroatoms. The van der Waals surface area contributed by atoms with Gasteiger partial charge in [0.2, 0.25) is 0 Å². The first-order chi connectivity index (χ1) is 9.74. The Bertz CT molecular complexity index is 606. The zero-order valence-corrected chi connectivity index (χ0v) is 14.0. The summed E-state index contributed by atoms with van der Waals surface area (Å²) in [4.78, 5) is 0. The van der Waals surface area contributed by atoms with Gasteiger partial charge in [-0.05, 0) is 84.0 Å². The fraction of sp³-hybridized carbons (Fsp3) is 0.333. The summed E-state index contributed by atoms with van der Waals surface area (Å²) in [6.45, 7) is 2.24. The molecule has 2 aromatic carbocycles. The molecule has 0 heterocycles. The largest absolute Gasteiger partial charge is 0.378 e. The third-order valence-electron chi connectivity index (χ3n) is 4.12. The Morgan fingerprint density at radius 3 is 2.55 bits per heavy atom. The first kappa shape index (κ1) is 13.9. The van der Waals surface area contributed by atoms with E-state index in [1.807, 2.05) is 0 Å². The van der Waals surface area contributed by atoms with E-state index in [2.05, 4.69) is 77.3 Å². The lowest BCUT2D eigenvalue weighted by Crippen LogP contribution is -2.10. The van der Waals surface area contributed by atoms with Crippen molar-refractivity contribution in [3.05, 3.63) is 62.7 Å². The predicted octanol–water partition coefficient (Wildman–Crippen LogP) is 5.34. The molecule has 0 bridgehead atoms. The summed E-state index contributed by atoms with van der Waals surface area (Å²) in [6.07, 6.45) is 5.20. The van der Waals surface area contributed by atoms with Gasteiger partial charge in [-0.2, -0.15) is 0 Å². The quantitative estimate of drug-likeness (QED) is 0.712. The van der Waals surface area contributed by atoms with E-state index < -0.39 is 0 Å². The second kappa shape index (κ2) is 6.17. The number of hydrogen-bond donors (Lipinski definition) is 1. The van der Waals surface area contributed by atoms with Crippen LogP contribution >= 0.6 is 22.6 Å². The van der Waals surface area contributed by atoms with Crippen molar-refractivity contribution in [2.45, 2.75) is 38.6 Å². The maximum Gasteiger partial charge on any atom is 0.0486 e. The van der Waals surface area contributed by atoms with Crippen LogP contribution in [-0.4, -0.2) is 0 Å². The summed E-state index contributed by atoms with van der Waals surface area (Å²) in [5.74, 6) is 0. The van der Waals surface area contributed by atoms with E-state index in [1.165, 1.54) is 40.5 Å². The molecule has 1 atom stereocenters. The van der Waals surface area contributed by atoms with Crippen molar-refractivity contribution >= 4 is 28.3 Å². The lowest BCUT2D eigenvalue weighted by atomic mass is 9.89. The van der Waals surface area contributed by atoms with E-state index in [4.69, 9.17) is 0 Å². The molecule has 1 nitrogen and oxygen atoms in total.